The van der Waals surface area contributed by atoms with Crippen molar-refractivity contribution in [1.82, 2.24) is 14.5 Å². The maximum absolute atomic E-state index is 13.4. The van der Waals surface area contributed by atoms with Crippen molar-refractivity contribution >= 4 is 40.1 Å². The first kappa shape index (κ1) is 24.5. The van der Waals surface area contributed by atoms with E-state index >= 15 is 0 Å². The van der Waals surface area contributed by atoms with Crippen LogP contribution in [0.4, 0.5) is 11.6 Å². The third-order valence-electron chi connectivity index (χ3n) is 6.62. The molecule has 1 fully saturated rings. The van der Waals surface area contributed by atoms with Crippen molar-refractivity contribution in [2.45, 2.75) is 39.7 Å². The SMILES string of the molecule is C[C@@H](Nc1ccc(Cl)nc1C(=O)O)c1cc(C#N)cc2c(=O)n(C)c(N3CCC(C)(C)CC3)nc12. The second-order valence-electron chi connectivity index (χ2n) is 9.70. The van der Waals surface area contributed by atoms with Gasteiger partial charge in [-0.25, -0.2) is 14.8 Å². The molecule has 35 heavy (non-hydrogen) atoms. The Bertz CT molecular complexity index is 1420. The molecule has 1 aliphatic heterocycles. The summed E-state index contributed by atoms with van der Waals surface area (Å²) in [5.41, 5.74) is 1.47. The summed E-state index contributed by atoms with van der Waals surface area (Å²) in [4.78, 5) is 36.0. The molecule has 2 aromatic heterocycles. The number of pyridine rings is 1. The molecule has 1 aromatic carbocycles. The molecule has 9 nitrogen and oxygen atoms in total. The van der Waals surface area contributed by atoms with Crippen molar-refractivity contribution in [3.8, 4) is 6.07 Å². The molecule has 1 aliphatic rings. The van der Waals surface area contributed by atoms with Gasteiger partial charge in [-0.2, -0.15) is 5.26 Å². The fourth-order valence-electron chi connectivity index (χ4n) is 4.41. The van der Waals surface area contributed by atoms with Crippen molar-refractivity contribution < 1.29 is 9.90 Å². The van der Waals surface area contributed by atoms with Gasteiger partial charge in [-0.3, -0.25) is 9.36 Å². The van der Waals surface area contributed by atoms with Crippen LogP contribution in [0.5, 0.6) is 0 Å². The van der Waals surface area contributed by atoms with Crippen LogP contribution in [0.25, 0.3) is 10.9 Å². The Kier molecular flexibility index (Phi) is 6.43. The number of rotatable bonds is 5. The van der Waals surface area contributed by atoms with Gasteiger partial charge in [-0.1, -0.05) is 25.4 Å². The zero-order valence-corrected chi connectivity index (χ0v) is 20.8. The maximum Gasteiger partial charge on any atom is 0.356 e. The number of carboxylic acids is 1. The first-order chi connectivity index (χ1) is 16.5. The number of aromatic nitrogens is 3. The van der Waals surface area contributed by atoms with Crippen LogP contribution in [-0.4, -0.2) is 38.7 Å². The Labute approximate surface area is 208 Å². The number of piperidine rings is 1. The molecule has 4 rings (SSSR count). The number of hydrogen-bond donors (Lipinski definition) is 2. The van der Waals surface area contributed by atoms with E-state index in [-0.39, 0.29) is 27.5 Å². The molecule has 1 saturated heterocycles. The number of benzene rings is 1. The number of carbonyl (C=O) groups is 1. The van der Waals surface area contributed by atoms with E-state index in [1.165, 1.54) is 10.6 Å². The van der Waals surface area contributed by atoms with Gasteiger partial charge in [0.25, 0.3) is 5.56 Å². The van der Waals surface area contributed by atoms with Crippen molar-refractivity contribution in [3.05, 3.63) is 56.6 Å². The summed E-state index contributed by atoms with van der Waals surface area (Å²) in [5.74, 6) is -0.643. The summed E-state index contributed by atoms with van der Waals surface area (Å²) < 4.78 is 1.54. The molecule has 0 bridgehead atoms. The molecule has 0 spiro atoms. The average Bonchev–Trinajstić information content (AvgIpc) is 2.82. The van der Waals surface area contributed by atoms with Crippen molar-refractivity contribution in [1.29, 1.82) is 5.26 Å². The molecule has 10 heteroatoms. The van der Waals surface area contributed by atoms with Crippen LogP contribution >= 0.6 is 11.6 Å². The first-order valence-corrected chi connectivity index (χ1v) is 11.7. The average molecular weight is 495 g/mol. The molecule has 2 N–H and O–H groups in total. The Morgan fingerprint density at radius 1 is 1.26 bits per heavy atom. The third kappa shape index (κ3) is 4.80. The van der Waals surface area contributed by atoms with Gasteiger partial charge in [0.1, 0.15) is 5.15 Å². The molecule has 3 aromatic rings. The number of fused-ring (bicyclic) bond motifs is 1. The summed E-state index contributed by atoms with van der Waals surface area (Å²) in [6.07, 6.45) is 1.97. The molecule has 0 amide bonds. The summed E-state index contributed by atoms with van der Waals surface area (Å²) in [6.45, 7) is 7.87. The molecular weight excluding hydrogens is 468 g/mol. The Morgan fingerprint density at radius 3 is 2.57 bits per heavy atom. The summed E-state index contributed by atoms with van der Waals surface area (Å²) >= 11 is 5.88. The smallest absolute Gasteiger partial charge is 0.356 e. The standard InChI is InChI=1S/C25H27ClN6O3/c1-14(28-18-5-6-19(26)29-21(18)23(34)35)16-11-15(13-27)12-17-20(16)30-24(31(4)22(17)33)32-9-7-25(2,3)8-10-32/h5-6,11-12,14,28H,7-10H2,1-4H3,(H,34,35)/t14-/m1/s1. The number of carboxylic acid groups (broad SMARTS) is 1. The zero-order chi connectivity index (χ0) is 25.5. The molecule has 0 aliphatic carbocycles. The van der Waals surface area contributed by atoms with E-state index in [2.05, 4.69) is 35.1 Å². The Hall–Kier alpha value is -3.64. The highest BCUT2D eigenvalue weighted by Crippen LogP contribution is 2.33. The molecule has 0 unspecified atom stereocenters. The van der Waals surface area contributed by atoms with E-state index in [1.54, 1.807) is 25.2 Å². The number of nitriles is 1. The van der Waals surface area contributed by atoms with Crippen LogP contribution in [0.3, 0.4) is 0 Å². The van der Waals surface area contributed by atoms with Crippen molar-refractivity contribution in [2.75, 3.05) is 23.3 Å². The van der Waals surface area contributed by atoms with E-state index in [4.69, 9.17) is 16.6 Å². The minimum Gasteiger partial charge on any atom is -0.476 e. The topological polar surface area (TPSA) is 124 Å². The first-order valence-electron chi connectivity index (χ1n) is 11.4. The monoisotopic (exact) mass is 494 g/mol. The van der Waals surface area contributed by atoms with E-state index in [1.807, 2.05) is 6.92 Å². The van der Waals surface area contributed by atoms with Crippen LogP contribution in [0.1, 0.15) is 61.3 Å². The predicted molar refractivity (Wildman–Crippen MR) is 135 cm³/mol. The fourth-order valence-corrected chi connectivity index (χ4v) is 4.55. The molecule has 0 saturated carbocycles. The van der Waals surface area contributed by atoms with Crippen LogP contribution < -0.4 is 15.8 Å². The second kappa shape index (κ2) is 9.19. The van der Waals surface area contributed by atoms with E-state index in [9.17, 15) is 20.0 Å². The summed E-state index contributed by atoms with van der Waals surface area (Å²) in [6, 6.07) is 7.89. The lowest BCUT2D eigenvalue weighted by molar-refractivity contribution is 0.0691. The summed E-state index contributed by atoms with van der Waals surface area (Å²) in [7, 11) is 1.70. The normalized spacial score (nSPS) is 16.1. The second-order valence-corrected chi connectivity index (χ2v) is 10.1. The highest BCUT2D eigenvalue weighted by Gasteiger charge is 2.28. The number of halogens is 1. The number of anilines is 2. The van der Waals surface area contributed by atoms with Gasteiger partial charge < -0.3 is 15.3 Å². The van der Waals surface area contributed by atoms with Gasteiger partial charge in [-0.15, -0.1) is 0 Å². The molecule has 182 valence electrons. The largest absolute Gasteiger partial charge is 0.476 e. The van der Waals surface area contributed by atoms with Gasteiger partial charge in [0.05, 0.1) is 34.3 Å². The lowest BCUT2D eigenvalue weighted by atomic mass is 9.83. The Balaban J connectivity index is 1.83. The fraction of sp³-hybridized carbons (Fsp3) is 0.400. The van der Waals surface area contributed by atoms with Crippen LogP contribution in [0, 0.1) is 16.7 Å². The van der Waals surface area contributed by atoms with E-state index in [0.29, 0.717) is 28.0 Å². The van der Waals surface area contributed by atoms with Crippen molar-refractivity contribution in [3.63, 3.8) is 0 Å². The molecule has 1 atom stereocenters. The van der Waals surface area contributed by atoms with Crippen LogP contribution in [-0.2, 0) is 7.05 Å². The summed E-state index contributed by atoms with van der Waals surface area (Å²) in [5, 5.41) is 22.7. The number of hydrogen-bond acceptors (Lipinski definition) is 7. The number of nitrogens with one attached hydrogen (secondary N) is 1. The van der Waals surface area contributed by atoms with Gasteiger partial charge in [0, 0.05) is 25.7 Å². The van der Waals surface area contributed by atoms with Crippen molar-refractivity contribution in [2.24, 2.45) is 12.5 Å². The number of nitrogens with zero attached hydrogens (tertiary/aromatic N) is 5. The lowest BCUT2D eigenvalue weighted by Gasteiger charge is -2.38. The van der Waals surface area contributed by atoms with E-state index in [0.717, 1.165) is 25.9 Å². The molecule has 3 heterocycles. The third-order valence-corrected chi connectivity index (χ3v) is 6.83. The van der Waals surface area contributed by atoms with Gasteiger partial charge in [0.15, 0.2) is 5.69 Å². The van der Waals surface area contributed by atoms with Gasteiger partial charge >= 0.3 is 5.97 Å². The van der Waals surface area contributed by atoms with Gasteiger partial charge in [0.2, 0.25) is 5.95 Å². The van der Waals surface area contributed by atoms with Gasteiger partial charge in [-0.05, 0) is 49.4 Å². The quantitative estimate of drug-likeness (QED) is 0.501. The zero-order valence-electron chi connectivity index (χ0n) is 20.1. The van der Waals surface area contributed by atoms with E-state index < -0.39 is 12.0 Å². The highest BCUT2D eigenvalue weighted by molar-refractivity contribution is 6.29. The van der Waals surface area contributed by atoms with Crippen LogP contribution in [0.15, 0.2) is 29.1 Å². The number of aromatic carboxylic acids is 1. The minimum atomic E-state index is -1.22. The molecule has 0 radical (unpaired) electrons. The van der Waals surface area contributed by atoms with Crippen LogP contribution in [0.2, 0.25) is 5.15 Å². The lowest BCUT2D eigenvalue weighted by Crippen LogP contribution is -2.40. The highest BCUT2D eigenvalue weighted by atomic mass is 35.5. The Morgan fingerprint density at radius 2 is 1.94 bits per heavy atom. The molecular formula is C25H27ClN6O3. The minimum absolute atomic E-state index is 0.0667. The maximum atomic E-state index is 13.4. The predicted octanol–water partition coefficient (Wildman–Crippen LogP) is 4.35.